The molecule has 1 atom stereocenters. The average Bonchev–Trinajstić information content (AvgIpc) is 3.55. The SMILES string of the molecule is COc1nc(-c2cccc(-c3cccc(-c4ccn5c(=O)c(CN[C@H]6C[C@](C)(O)C6)c(OC)nc5c4)c3Cl)c2Cl)ccc1CNC[C@@H]1CCC(=O)N1. The molecule has 2 aliphatic rings. The second kappa shape index (κ2) is 14.8. The zero-order chi connectivity index (χ0) is 36.6. The number of fused-ring (bicyclic) bond motifs is 1. The zero-order valence-electron chi connectivity index (χ0n) is 29.1. The van der Waals surface area contributed by atoms with Crippen molar-refractivity contribution in [1.29, 1.82) is 0 Å². The minimum Gasteiger partial charge on any atom is -0.481 e. The Labute approximate surface area is 311 Å². The average molecular weight is 744 g/mol. The highest BCUT2D eigenvalue weighted by atomic mass is 35.5. The number of carbonyl (C=O) groups excluding carboxylic acids is 1. The first kappa shape index (κ1) is 35.9. The number of ether oxygens (including phenoxy) is 2. The van der Waals surface area contributed by atoms with E-state index in [0.29, 0.717) is 65.2 Å². The first-order chi connectivity index (χ1) is 25.0. The van der Waals surface area contributed by atoms with Crippen LogP contribution in [0.15, 0.2) is 71.7 Å². The van der Waals surface area contributed by atoms with Gasteiger partial charge >= 0.3 is 0 Å². The normalized spacial score (nSPS) is 19.8. The first-order valence-corrected chi connectivity index (χ1v) is 18.0. The molecular formula is C39H40Cl2N6O5. The van der Waals surface area contributed by atoms with Crippen LogP contribution in [0.1, 0.15) is 43.7 Å². The molecule has 0 spiro atoms. The number of amides is 1. The molecule has 5 aromatic rings. The molecule has 2 aromatic carbocycles. The van der Waals surface area contributed by atoms with Crippen LogP contribution in [-0.4, -0.2) is 63.8 Å². The van der Waals surface area contributed by atoms with E-state index in [-0.39, 0.29) is 36.0 Å². The van der Waals surface area contributed by atoms with Crippen molar-refractivity contribution in [3.8, 4) is 45.3 Å². The van der Waals surface area contributed by atoms with Gasteiger partial charge in [0.15, 0.2) is 0 Å². The number of nitrogens with zero attached hydrogens (tertiary/aromatic N) is 3. The first-order valence-electron chi connectivity index (χ1n) is 17.2. The molecule has 2 fully saturated rings. The van der Waals surface area contributed by atoms with E-state index in [4.69, 9.17) is 37.7 Å². The lowest BCUT2D eigenvalue weighted by Gasteiger charge is -2.41. The molecule has 270 valence electrons. The van der Waals surface area contributed by atoms with Gasteiger partial charge in [-0.15, -0.1) is 0 Å². The van der Waals surface area contributed by atoms with Crippen molar-refractivity contribution in [2.45, 2.75) is 63.4 Å². The quantitative estimate of drug-likeness (QED) is 0.125. The van der Waals surface area contributed by atoms with Crippen molar-refractivity contribution in [2.24, 2.45) is 0 Å². The predicted molar refractivity (Wildman–Crippen MR) is 202 cm³/mol. The van der Waals surface area contributed by atoms with Crippen molar-refractivity contribution in [2.75, 3.05) is 20.8 Å². The Morgan fingerprint density at radius 2 is 1.62 bits per heavy atom. The Bertz CT molecular complexity index is 2220. The molecule has 7 rings (SSSR count). The fraction of sp³-hybridized carbons (Fsp3) is 0.333. The van der Waals surface area contributed by atoms with Crippen LogP contribution < -0.4 is 31.0 Å². The summed E-state index contributed by atoms with van der Waals surface area (Å²) < 4.78 is 12.7. The highest BCUT2D eigenvalue weighted by Gasteiger charge is 2.38. The topological polar surface area (TPSA) is 139 Å². The molecule has 4 N–H and O–H groups in total. The van der Waals surface area contributed by atoms with Gasteiger partial charge in [0, 0.05) is 72.2 Å². The fourth-order valence-electron chi connectivity index (χ4n) is 7.08. The lowest BCUT2D eigenvalue weighted by molar-refractivity contribution is -0.119. The van der Waals surface area contributed by atoms with Gasteiger partial charge in [-0.3, -0.25) is 14.0 Å². The van der Waals surface area contributed by atoms with Crippen LogP contribution in [-0.2, 0) is 17.9 Å². The molecule has 1 saturated carbocycles. The van der Waals surface area contributed by atoms with Crippen LogP contribution >= 0.6 is 23.2 Å². The maximum atomic E-state index is 13.5. The number of pyridine rings is 2. The smallest absolute Gasteiger partial charge is 0.266 e. The van der Waals surface area contributed by atoms with Gasteiger partial charge in [0.05, 0.1) is 41.1 Å². The van der Waals surface area contributed by atoms with Crippen molar-refractivity contribution >= 4 is 34.8 Å². The van der Waals surface area contributed by atoms with Crippen molar-refractivity contribution in [1.82, 2.24) is 30.3 Å². The Morgan fingerprint density at radius 3 is 2.29 bits per heavy atom. The molecule has 0 unspecified atom stereocenters. The number of benzene rings is 2. The molecule has 1 aliphatic carbocycles. The Morgan fingerprint density at radius 1 is 0.923 bits per heavy atom. The summed E-state index contributed by atoms with van der Waals surface area (Å²) in [6.45, 7) is 3.29. The number of rotatable bonds is 12. The van der Waals surface area contributed by atoms with Gasteiger partial charge in [-0.25, -0.2) is 4.98 Å². The van der Waals surface area contributed by atoms with Gasteiger partial charge in [0.1, 0.15) is 5.65 Å². The maximum Gasteiger partial charge on any atom is 0.266 e. The lowest BCUT2D eigenvalue weighted by Crippen LogP contribution is -2.51. The number of aliphatic hydroxyl groups is 1. The number of halogens is 2. The molecule has 1 aliphatic heterocycles. The van der Waals surface area contributed by atoms with Crippen LogP contribution in [0.5, 0.6) is 11.8 Å². The van der Waals surface area contributed by atoms with Crippen LogP contribution in [0.25, 0.3) is 39.2 Å². The number of nitrogens with one attached hydrogen (secondary N) is 3. The molecule has 1 amide bonds. The van der Waals surface area contributed by atoms with Gasteiger partial charge in [0.2, 0.25) is 17.7 Å². The van der Waals surface area contributed by atoms with Gasteiger partial charge in [0.25, 0.3) is 5.56 Å². The van der Waals surface area contributed by atoms with E-state index in [0.717, 1.165) is 39.8 Å². The second-order valence-corrected chi connectivity index (χ2v) is 14.4. The highest BCUT2D eigenvalue weighted by Crippen LogP contribution is 2.42. The van der Waals surface area contributed by atoms with E-state index in [2.05, 4.69) is 20.9 Å². The van der Waals surface area contributed by atoms with Crippen molar-refractivity contribution in [3.05, 3.63) is 98.4 Å². The summed E-state index contributed by atoms with van der Waals surface area (Å²) in [4.78, 5) is 34.5. The molecule has 52 heavy (non-hydrogen) atoms. The van der Waals surface area contributed by atoms with E-state index < -0.39 is 5.60 Å². The van der Waals surface area contributed by atoms with E-state index >= 15 is 0 Å². The Hall–Kier alpha value is -4.52. The molecule has 3 aromatic heterocycles. The summed E-state index contributed by atoms with van der Waals surface area (Å²) >= 11 is 14.2. The molecule has 0 bridgehead atoms. The number of aromatic nitrogens is 3. The van der Waals surface area contributed by atoms with Crippen LogP contribution in [0.4, 0.5) is 0 Å². The third-order valence-electron chi connectivity index (χ3n) is 9.82. The van der Waals surface area contributed by atoms with Gasteiger partial charge < -0.3 is 30.5 Å². The molecule has 1 saturated heterocycles. The van der Waals surface area contributed by atoms with E-state index in [1.807, 2.05) is 60.7 Å². The van der Waals surface area contributed by atoms with Crippen LogP contribution in [0.2, 0.25) is 10.0 Å². The summed E-state index contributed by atoms with van der Waals surface area (Å²) in [6.07, 6.45) is 4.33. The summed E-state index contributed by atoms with van der Waals surface area (Å²) in [5, 5.41) is 20.7. The number of carbonyl (C=O) groups is 1. The van der Waals surface area contributed by atoms with Crippen molar-refractivity contribution in [3.63, 3.8) is 0 Å². The zero-order valence-corrected chi connectivity index (χ0v) is 30.6. The Kier molecular flexibility index (Phi) is 10.2. The van der Waals surface area contributed by atoms with Crippen LogP contribution in [0.3, 0.4) is 0 Å². The summed E-state index contributed by atoms with van der Waals surface area (Å²) in [5.41, 5.74) is 5.17. The third kappa shape index (κ3) is 7.24. The minimum atomic E-state index is -0.671. The monoisotopic (exact) mass is 742 g/mol. The maximum absolute atomic E-state index is 13.5. The standard InChI is InChI=1S/C39H40Cl2N6O5/c1-39(50)17-25(18-39)43-21-30-37(52-3)46-32-16-22(14-15-47(32)38(30)49)26-6-4-7-27(34(26)40)28-8-5-9-29(35(28)41)31-12-10-23(36(45-31)51-2)19-42-20-24-11-13-33(48)44-24/h4-10,12,14-16,24-25,42-43,50H,11,13,17-21H2,1-3H3,(H,44,48)/t24-,25-,39-/m0/s1. The lowest BCUT2D eigenvalue weighted by atomic mass is 9.77. The predicted octanol–water partition coefficient (Wildman–Crippen LogP) is 5.79. The summed E-state index contributed by atoms with van der Waals surface area (Å²) in [6, 6.07) is 19.3. The van der Waals surface area contributed by atoms with E-state index in [1.54, 1.807) is 20.2 Å². The number of hydrogen-bond acceptors (Lipinski definition) is 9. The van der Waals surface area contributed by atoms with Gasteiger partial charge in [-0.05, 0) is 49.9 Å². The Balaban J connectivity index is 1.14. The number of hydrogen-bond donors (Lipinski definition) is 4. The van der Waals surface area contributed by atoms with E-state index in [1.165, 1.54) is 11.5 Å². The van der Waals surface area contributed by atoms with Crippen LogP contribution in [0, 0.1) is 0 Å². The largest absolute Gasteiger partial charge is 0.481 e. The molecular weight excluding hydrogens is 703 g/mol. The fourth-order valence-corrected chi connectivity index (χ4v) is 7.74. The summed E-state index contributed by atoms with van der Waals surface area (Å²) in [5.74, 6) is 0.823. The molecule has 0 radical (unpaired) electrons. The highest BCUT2D eigenvalue weighted by molar-refractivity contribution is 6.39. The van der Waals surface area contributed by atoms with E-state index in [9.17, 15) is 14.7 Å². The second-order valence-electron chi connectivity index (χ2n) is 13.7. The third-order valence-corrected chi connectivity index (χ3v) is 10.6. The molecule has 4 heterocycles. The number of methoxy groups -OCH3 is 2. The minimum absolute atomic E-state index is 0.0902. The van der Waals surface area contributed by atoms with Crippen molar-refractivity contribution < 1.29 is 19.4 Å². The van der Waals surface area contributed by atoms with Gasteiger partial charge in [-0.2, -0.15) is 4.98 Å². The molecule has 13 heteroatoms. The summed E-state index contributed by atoms with van der Waals surface area (Å²) in [7, 11) is 3.08. The molecule has 11 nitrogen and oxygen atoms in total. The van der Waals surface area contributed by atoms with Gasteiger partial charge in [-0.1, -0.05) is 65.7 Å².